The van der Waals surface area contributed by atoms with Crippen molar-refractivity contribution in [3.8, 4) is 0 Å². The molecule has 32 heavy (non-hydrogen) atoms. The van der Waals surface area contributed by atoms with Crippen molar-refractivity contribution in [2.75, 3.05) is 11.5 Å². The lowest BCUT2D eigenvalue weighted by atomic mass is 10.1. The zero-order chi connectivity index (χ0) is 22.2. The molecular formula is C18H12N10O4. The van der Waals surface area contributed by atoms with E-state index in [4.69, 9.17) is 21.1 Å². The van der Waals surface area contributed by atoms with E-state index in [1.54, 1.807) is 12.1 Å². The molecule has 0 amide bonds. The highest BCUT2D eigenvalue weighted by atomic mass is 16.7. The van der Waals surface area contributed by atoms with E-state index >= 15 is 0 Å². The maximum absolute atomic E-state index is 12.8. The number of anilines is 2. The number of benzene rings is 1. The Morgan fingerprint density at radius 1 is 0.688 bits per heavy atom. The minimum absolute atomic E-state index is 0.0556. The van der Waals surface area contributed by atoms with Gasteiger partial charge in [-0.3, -0.25) is 0 Å². The Hall–Kier alpha value is -5.14. The van der Waals surface area contributed by atoms with E-state index in [-0.39, 0.29) is 45.1 Å². The predicted octanol–water partition coefficient (Wildman–Crippen LogP) is -0.332. The Labute approximate surface area is 177 Å². The third-order valence-corrected chi connectivity index (χ3v) is 4.39. The van der Waals surface area contributed by atoms with E-state index in [2.05, 4.69) is 29.9 Å². The van der Waals surface area contributed by atoms with Gasteiger partial charge in [-0.1, -0.05) is 12.1 Å². The second-order valence-corrected chi connectivity index (χ2v) is 6.31. The molecule has 4 N–H and O–H groups in total. The van der Waals surface area contributed by atoms with Gasteiger partial charge in [-0.25, -0.2) is 39.5 Å². The summed E-state index contributed by atoms with van der Waals surface area (Å²) in [4.78, 5) is 60.0. The number of imidazole rings is 2. The number of carbonyl (C=O) groups is 2. The summed E-state index contributed by atoms with van der Waals surface area (Å²) in [6, 6.07) is 5.96. The molecule has 0 atom stereocenters. The lowest BCUT2D eigenvalue weighted by molar-refractivity contribution is 0.0431. The monoisotopic (exact) mass is 432 g/mol. The molecule has 0 saturated carbocycles. The van der Waals surface area contributed by atoms with Gasteiger partial charge < -0.3 is 21.1 Å². The van der Waals surface area contributed by atoms with E-state index < -0.39 is 11.9 Å². The van der Waals surface area contributed by atoms with Crippen LogP contribution in [0.5, 0.6) is 0 Å². The zero-order valence-electron chi connectivity index (χ0n) is 16.0. The Morgan fingerprint density at radius 3 is 1.56 bits per heavy atom. The van der Waals surface area contributed by atoms with Crippen molar-refractivity contribution in [3.63, 3.8) is 0 Å². The van der Waals surface area contributed by atoms with Crippen molar-refractivity contribution >= 4 is 45.9 Å². The van der Waals surface area contributed by atoms with E-state index in [1.165, 1.54) is 37.4 Å². The normalized spacial score (nSPS) is 11.0. The van der Waals surface area contributed by atoms with Crippen LogP contribution in [0.15, 0.2) is 49.6 Å². The number of carbonyl (C=O) groups excluding carboxylic acids is 2. The van der Waals surface area contributed by atoms with Crippen molar-refractivity contribution in [2.45, 2.75) is 0 Å². The average molecular weight is 432 g/mol. The first-order chi connectivity index (χ1) is 15.5. The highest BCUT2D eigenvalue weighted by molar-refractivity contribution is 6.03. The number of fused-ring (bicyclic) bond motifs is 2. The van der Waals surface area contributed by atoms with Gasteiger partial charge in [-0.15, -0.1) is 9.46 Å². The Morgan fingerprint density at radius 2 is 1.12 bits per heavy atom. The van der Waals surface area contributed by atoms with Gasteiger partial charge in [0.15, 0.2) is 22.7 Å². The largest absolute Gasteiger partial charge is 0.382 e. The second kappa shape index (κ2) is 7.28. The van der Waals surface area contributed by atoms with Crippen molar-refractivity contribution in [2.24, 2.45) is 0 Å². The van der Waals surface area contributed by atoms with Gasteiger partial charge >= 0.3 is 11.9 Å². The van der Waals surface area contributed by atoms with E-state index in [0.717, 1.165) is 9.46 Å². The second-order valence-electron chi connectivity index (χ2n) is 6.31. The molecule has 1 aromatic carbocycles. The summed E-state index contributed by atoms with van der Waals surface area (Å²) in [6.07, 6.45) is 4.86. The molecule has 0 aliphatic rings. The first kappa shape index (κ1) is 18.9. The number of rotatable bonds is 4. The lowest BCUT2D eigenvalue weighted by Crippen LogP contribution is -2.25. The van der Waals surface area contributed by atoms with Crippen molar-refractivity contribution in [3.05, 3.63) is 60.7 Å². The predicted molar refractivity (Wildman–Crippen MR) is 108 cm³/mol. The zero-order valence-corrected chi connectivity index (χ0v) is 16.0. The number of hydrogen-bond acceptors (Lipinski definition) is 12. The first-order valence-electron chi connectivity index (χ1n) is 8.94. The minimum atomic E-state index is -0.851. The van der Waals surface area contributed by atoms with Crippen LogP contribution in [0, 0.1) is 0 Å². The third-order valence-electron chi connectivity index (χ3n) is 4.39. The van der Waals surface area contributed by atoms with Gasteiger partial charge in [-0.2, -0.15) is 0 Å². The van der Waals surface area contributed by atoms with Crippen molar-refractivity contribution in [1.29, 1.82) is 0 Å². The highest BCUT2D eigenvalue weighted by Gasteiger charge is 2.23. The molecule has 0 unspecified atom stereocenters. The molecule has 0 fully saturated rings. The van der Waals surface area contributed by atoms with Crippen LogP contribution >= 0.6 is 0 Å². The summed E-state index contributed by atoms with van der Waals surface area (Å²) in [5, 5.41) is 0. The number of nitrogen functional groups attached to an aromatic ring is 2. The topological polar surface area (TPSA) is 192 Å². The van der Waals surface area contributed by atoms with Gasteiger partial charge in [0.1, 0.15) is 25.3 Å². The molecule has 0 spiro atoms. The maximum atomic E-state index is 12.8. The summed E-state index contributed by atoms with van der Waals surface area (Å²) in [7, 11) is 0. The number of nitrogens with two attached hydrogens (primary N) is 2. The molecule has 0 saturated heterocycles. The summed E-state index contributed by atoms with van der Waals surface area (Å²) in [5.74, 6) is -1.44. The van der Waals surface area contributed by atoms with Gasteiger partial charge in [-0.05, 0) is 12.1 Å². The van der Waals surface area contributed by atoms with E-state index in [1.807, 2.05) is 0 Å². The number of nitrogens with zero attached hydrogens (tertiary/aromatic N) is 8. The van der Waals surface area contributed by atoms with Gasteiger partial charge in [0.25, 0.3) is 0 Å². The van der Waals surface area contributed by atoms with Crippen LogP contribution in [0.4, 0.5) is 11.6 Å². The van der Waals surface area contributed by atoms with Crippen LogP contribution < -0.4 is 21.1 Å². The van der Waals surface area contributed by atoms with Crippen LogP contribution in [-0.2, 0) is 0 Å². The fourth-order valence-corrected chi connectivity index (χ4v) is 2.91. The van der Waals surface area contributed by atoms with Crippen LogP contribution in [0.25, 0.3) is 22.3 Å². The van der Waals surface area contributed by atoms with Crippen molar-refractivity contribution in [1.82, 2.24) is 39.4 Å². The molecule has 0 aliphatic heterocycles. The molecule has 5 aromatic rings. The molecule has 4 aromatic heterocycles. The Bertz CT molecular complexity index is 1400. The van der Waals surface area contributed by atoms with Gasteiger partial charge in [0.05, 0.1) is 11.1 Å². The molecule has 0 aliphatic carbocycles. The smallest absolute Gasteiger partial charge is 0.364 e. The molecule has 14 heteroatoms. The fraction of sp³-hybridized carbons (Fsp3) is 0. The molecule has 4 heterocycles. The van der Waals surface area contributed by atoms with Gasteiger partial charge in [0.2, 0.25) is 11.3 Å². The molecule has 158 valence electrons. The molecule has 0 radical (unpaired) electrons. The Balaban J connectivity index is 1.44. The van der Waals surface area contributed by atoms with Crippen molar-refractivity contribution < 1.29 is 19.3 Å². The van der Waals surface area contributed by atoms with Crippen LogP contribution in [0.1, 0.15) is 20.7 Å². The van der Waals surface area contributed by atoms with Crippen LogP contribution in [0.3, 0.4) is 0 Å². The minimum Gasteiger partial charge on any atom is -0.382 e. The average Bonchev–Trinajstić information content (AvgIpc) is 3.40. The molecular weight excluding hydrogens is 420 g/mol. The quantitative estimate of drug-likeness (QED) is 0.376. The van der Waals surface area contributed by atoms with E-state index in [0.29, 0.717) is 0 Å². The molecule has 5 rings (SSSR count). The lowest BCUT2D eigenvalue weighted by Gasteiger charge is -2.09. The van der Waals surface area contributed by atoms with Gasteiger partial charge in [0, 0.05) is 0 Å². The Kier molecular flexibility index (Phi) is 4.29. The molecule has 0 bridgehead atoms. The number of hydrogen-bond donors (Lipinski definition) is 2. The summed E-state index contributed by atoms with van der Waals surface area (Å²) >= 11 is 0. The van der Waals surface area contributed by atoms with Crippen LogP contribution in [-0.4, -0.2) is 51.3 Å². The first-order valence-corrected chi connectivity index (χ1v) is 8.94. The maximum Gasteiger partial charge on any atom is 0.364 e. The summed E-state index contributed by atoms with van der Waals surface area (Å²) in [6.45, 7) is 0. The molecule has 14 nitrogen and oxygen atoms in total. The third kappa shape index (κ3) is 3.07. The summed E-state index contributed by atoms with van der Waals surface area (Å²) in [5.41, 5.74) is 12.3. The SMILES string of the molecule is Nc1ncnc2c1ncn2OC(=O)c1ccccc1C(=O)On1cnc2c(N)ncnc21. The summed E-state index contributed by atoms with van der Waals surface area (Å²) < 4.78 is 2.06. The number of aromatic nitrogens is 8. The highest BCUT2D eigenvalue weighted by Crippen LogP contribution is 2.16. The standard InChI is InChI=1S/C18H12N10O4/c19-13-11-15(23-5-21-13)27(7-25-11)31-17(29)9-3-1-2-4-10(9)18(30)32-28-8-26-12-14(20)22-6-24-16(12)28/h1-8H,(H2,19,21,23)(H2,20,22,24). The van der Waals surface area contributed by atoms with Crippen LogP contribution in [0.2, 0.25) is 0 Å². The van der Waals surface area contributed by atoms with E-state index in [9.17, 15) is 9.59 Å². The fourth-order valence-electron chi connectivity index (χ4n) is 2.91.